The molecule has 2 nitrogen and oxygen atoms in total. The molecule has 0 amide bonds. The Kier molecular flexibility index (Phi) is 2.26. The minimum atomic E-state index is -0.564. The number of aromatic nitrogens is 2. The zero-order valence-electron chi connectivity index (χ0n) is 8.46. The molecule has 2 aromatic rings. The first-order valence-corrected chi connectivity index (χ1v) is 4.53. The van der Waals surface area contributed by atoms with E-state index in [4.69, 9.17) is 0 Å². The van der Waals surface area contributed by atoms with Crippen LogP contribution in [-0.4, -0.2) is 9.78 Å². The van der Waals surface area contributed by atoms with E-state index < -0.39 is 11.6 Å². The summed E-state index contributed by atoms with van der Waals surface area (Å²) in [4.78, 5) is 0. The molecule has 78 valence electrons. The lowest BCUT2D eigenvalue weighted by molar-refractivity contribution is 0.583. The van der Waals surface area contributed by atoms with Crippen molar-refractivity contribution in [3.05, 3.63) is 41.7 Å². The molecule has 0 aliphatic rings. The molecule has 15 heavy (non-hydrogen) atoms. The number of hydrogen-bond donors (Lipinski definition) is 0. The molecule has 0 N–H and O–H groups in total. The van der Waals surface area contributed by atoms with Crippen molar-refractivity contribution in [2.24, 2.45) is 7.05 Å². The quantitative estimate of drug-likeness (QED) is 0.704. The molecule has 0 bridgehead atoms. The predicted molar refractivity (Wildman–Crippen MR) is 53.3 cm³/mol. The van der Waals surface area contributed by atoms with Crippen LogP contribution < -0.4 is 0 Å². The zero-order valence-corrected chi connectivity index (χ0v) is 8.46. The number of benzene rings is 1. The van der Waals surface area contributed by atoms with Crippen LogP contribution in [0.15, 0.2) is 24.5 Å². The van der Waals surface area contributed by atoms with Crippen molar-refractivity contribution in [3.63, 3.8) is 0 Å². The summed E-state index contributed by atoms with van der Waals surface area (Å²) in [5.41, 5.74) is 0.870. The van der Waals surface area contributed by atoms with Gasteiger partial charge in [-0.2, -0.15) is 5.10 Å². The third-order valence-electron chi connectivity index (χ3n) is 2.28. The average Bonchev–Trinajstić information content (AvgIpc) is 2.59. The average molecular weight is 208 g/mol. The van der Waals surface area contributed by atoms with E-state index in [2.05, 4.69) is 5.10 Å². The highest BCUT2D eigenvalue weighted by molar-refractivity contribution is 5.64. The lowest BCUT2D eigenvalue weighted by Crippen LogP contribution is -1.92. The number of hydrogen-bond acceptors (Lipinski definition) is 1. The fraction of sp³-hybridized carbons (Fsp3) is 0.182. The monoisotopic (exact) mass is 208 g/mol. The smallest absolute Gasteiger partial charge is 0.136 e. The maximum Gasteiger partial charge on any atom is 0.136 e. The summed E-state index contributed by atoms with van der Waals surface area (Å²) in [6.07, 6.45) is 3.03. The summed E-state index contributed by atoms with van der Waals surface area (Å²) >= 11 is 0. The Labute approximate surface area is 86.2 Å². The third-order valence-corrected chi connectivity index (χ3v) is 2.28. The molecule has 0 saturated heterocycles. The first-order valence-electron chi connectivity index (χ1n) is 4.53. The van der Waals surface area contributed by atoms with E-state index in [1.165, 1.54) is 23.0 Å². The molecule has 2 rings (SSSR count). The Morgan fingerprint density at radius 3 is 2.60 bits per heavy atom. The molecule has 0 fully saturated rings. The van der Waals surface area contributed by atoms with Gasteiger partial charge in [0, 0.05) is 18.8 Å². The standard InChI is InChI=1S/C11H10F2N2/c1-7-3-4-9(12)10(11(7)13)8-5-14-15(2)6-8/h3-6H,1-2H3. The molecule has 0 unspecified atom stereocenters. The van der Waals surface area contributed by atoms with Gasteiger partial charge in [0.25, 0.3) is 0 Å². The molecule has 0 aliphatic heterocycles. The summed E-state index contributed by atoms with van der Waals surface area (Å²) in [6.45, 7) is 1.61. The van der Waals surface area contributed by atoms with Gasteiger partial charge in [-0.15, -0.1) is 0 Å². The number of halogens is 2. The Hall–Kier alpha value is -1.71. The van der Waals surface area contributed by atoms with E-state index in [1.807, 2.05) is 0 Å². The lowest BCUT2D eigenvalue weighted by atomic mass is 10.1. The van der Waals surface area contributed by atoms with Crippen molar-refractivity contribution in [1.29, 1.82) is 0 Å². The van der Waals surface area contributed by atoms with Crippen LogP contribution >= 0.6 is 0 Å². The highest BCUT2D eigenvalue weighted by Crippen LogP contribution is 2.27. The zero-order chi connectivity index (χ0) is 11.0. The van der Waals surface area contributed by atoms with E-state index in [0.717, 1.165) is 0 Å². The largest absolute Gasteiger partial charge is 0.275 e. The summed E-state index contributed by atoms with van der Waals surface area (Å²) in [6, 6.07) is 2.69. The second-order valence-electron chi connectivity index (χ2n) is 3.46. The number of nitrogens with zero attached hydrogens (tertiary/aromatic N) is 2. The summed E-state index contributed by atoms with van der Waals surface area (Å²) in [7, 11) is 1.70. The van der Waals surface area contributed by atoms with Crippen molar-refractivity contribution < 1.29 is 8.78 Å². The van der Waals surface area contributed by atoms with Crippen LogP contribution in [0.4, 0.5) is 8.78 Å². The maximum atomic E-state index is 13.7. The van der Waals surface area contributed by atoms with Crippen molar-refractivity contribution in [1.82, 2.24) is 9.78 Å². The van der Waals surface area contributed by atoms with Crippen molar-refractivity contribution >= 4 is 0 Å². The maximum absolute atomic E-state index is 13.7. The Morgan fingerprint density at radius 2 is 2.00 bits per heavy atom. The van der Waals surface area contributed by atoms with Crippen LogP contribution in [0.3, 0.4) is 0 Å². The molecule has 1 aromatic heterocycles. The molecule has 0 saturated carbocycles. The van der Waals surface area contributed by atoms with Crippen LogP contribution in [0.25, 0.3) is 11.1 Å². The normalized spacial score (nSPS) is 10.7. The molecule has 4 heteroatoms. The van der Waals surface area contributed by atoms with E-state index in [1.54, 1.807) is 20.2 Å². The van der Waals surface area contributed by atoms with Gasteiger partial charge >= 0.3 is 0 Å². The number of rotatable bonds is 1. The SMILES string of the molecule is Cc1ccc(F)c(-c2cnn(C)c2)c1F. The highest BCUT2D eigenvalue weighted by Gasteiger charge is 2.14. The minimum Gasteiger partial charge on any atom is -0.275 e. The second kappa shape index (κ2) is 3.46. The van der Waals surface area contributed by atoms with Gasteiger partial charge in [0.1, 0.15) is 11.6 Å². The lowest BCUT2D eigenvalue weighted by Gasteiger charge is -2.04. The van der Waals surface area contributed by atoms with E-state index >= 15 is 0 Å². The minimum absolute atomic E-state index is 0.0110. The molecular formula is C11H10F2N2. The van der Waals surface area contributed by atoms with E-state index in [-0.39, 0.29) is 5.56 Å². The Morgan fingerprint density at radius 1 is 1.27 bits per heavy atom. The van der Waals surface area contributed by atoms with Crippen LogP contribution in [0, 0.1) is 18.6 Å². The second-order valence-corrected chi connectivity index (χ2v) is 3.46. The van der Waals surface area contributed by atoms with Gasteiger partial charge in [-0.1, -0.05) is 6.07 Å². The van der Waals surface area contributed by atoms with Gasteiger partial charge in [0.2, 0.25) is 0 Å². The molecule has 0 radical (unpaired) electrons. The van der Waals surface area contributed by atoms with Gasteiger partial charge in [0.05, 0.1) is 11.8 Å². The highest BCUT2D eigenvalue weighted by atomic mass is 19.1. The molecule has 1 aromatic carbocycles. The van der Waals surface area contributed by atoms with E-state index in [9.17, 15) is 8.78 Å². The molecular weight excluding hydrogens is 198 g/mol. The fourth-order valence-electron chi connectivity index (χ4n) is 1.47. The summed E-state index contributed by atoms with van der Waals surface area (Å²) in [5, 5.41) is 3.89. The van der Waals surface area contributed by atoms with Crippen molar-refractivity contribution in [2.75, 3.05) is 0 Å². The summed E-state index contributed by atoms with van der Waals surface area (Å²) < 4.78 is 28.6. The molecule has 0 spiro atoms. The van der Waals surface area contributed by atoms with Gasteiger partial charge in [-0.05, 0) is 18.6 Å². The van der Waals surface area contributed by atoms with Crippen LogP contribution in [-0.2, 0) is 7.05 Å². The molecule has 0 aliphatic carbocycles. The molecule has 1 heterocycles. The fourth-order valence-corrected chi connectivity index (χ4v) is 1.47. The van der Waals surface area contributed by atoms with Gasteiger partial charge in [0.15, 0.2) is 0 Å². The van der Waals surface area contributed by atoms with Gasteiger partial charge in [-0.3, -0.25) is 4.68 Å². The van der Waals surface area contributed by atoms with Gasteiger partial charge in [-0.25, -0.2) is 8.78 Å². The first-order chi connectivity index (χ1) is 7.09. The van der Waals surface area contributed by atoms with Gasteiger partial charge < -0.3 is 0 Å². The van der Waals surface area contributed by atoms with Crippen LogP contribution in [0.1, 0.15) is 5.56 Å². The Bertz CT molecular complexity index is 503. The van der Waals surface area contributed by atoms with Crippen molar-refractivity contribution in [2.45, 2.75) is 6.92 Å². The third kappa shape index (κ3) is 1.63. The Balaban J connectivity index is 2.66. The predicted octanol–water partition coefficient (Wildman–Crippen LogP) is 2.67. The summed E-state index contributed by atoms with van der Waals surface area (Å²) in [5.74, 6) is -1.09. The van der Waals surface area contributed by atoms with E-state index in [0.29, 0.717) is 11.1 Å². The van der Waals surface area contributed by atoms with Crippen LogP contribution in [0.5, 0.6) is 0 Å². The van der Waals surface area contributed by atoms with Crippen LogP contribution in [0.2, 0.25) is 0 Å². The first kappa shape index (κ1) is 9.83. The molecule has 0 atom stereocenters. The van der Waals surface area contributed by atoms with Crippen molar-refractivity contribution in [3.8, 4) is 11.1 Å². The topological polar surface area (TPSA) is 17.8 Å². The number of aryl methyl sites for hydroxylation is 2.